The molecule has 4 saturated heterocycles. The summed E-state index contributed by atoms with van der Waals surface area (Å²) in [5, 5.41) is 11.0. The Morgan fingerprint density at radius 3 is 2.34 bits per heavy atom. The van der Waals surface area contributed by atoms with Gasteiger partial charge in [0.25, 0.3) is 0 Å². The maximum absolute atomic E-state index is 15.3. The number of halogens is 3. The van der Waals surface area contributed by atoms with Crippen molar-refractivity contribution in [1.29, 1.82) is 0 Å². The molecule has 19 heteroatoms. The fourth-order valence-corrected chi connectivity index (χ4v) is 14.1. The standard InChI is InChI=1S/C52H58BrF2N10O5P/c1-4-32-25-43(59-52-56-29-38(53)49(61-52)58-42-11-10-41-36(8-7-31(2)57-41)48(42)71(69)23-5-6-24-71)45(70-3)28-44(32)63-17-14-34(15-18-63)62-19-21-64(22-20-62)51(68)33-13-16-65(30-33)35-26-39(54)47(40(55)27-35)37-9-12-46(66)60-50(37)67/h5-8,10-11,25-29,33-34,37,69H,4,9,12-24,30H2,1-3H3,(H2-,56,58,59,60,61,66,67)/p+1/t33-,37?/m1/s1. The Morgan fingerprint density at radius 1 is 0.901 bits per heavy atom. The second-order valence-electron chi connectivity index (χ2n) is 19.3. The third-order valence-electron chi connectivity index (χ3n) is 14.9. The average molecular weight is 1050 g/mol. The van der Waals surface area contributed by atoms with Crippen molar-refractivity contribution in [2.45, 2.75) is 64.3 Å². The number of aryl methyl sites for hydroxylation is 2. The number of anilines is 6. The number of ether oxygens (including phenoxy) is 1. The summed E-state index contributed by atoms with van der Waals surface area (Å²) in [5.41, 5.74) is 5.64. The molecule has 71 heavy (non-hydrogen) atoms. The normalized spacial score (nSPS) is 20.7. The fraction of sp³-hybridized carbons (Fsp3) is 0.423. The monoisotopic (exact) mass is 1050 g/mol. The number of aromatic nitrogens is 3. The summed E-state index contributed by atoms with van der Waals surface area (Å²) in [7, 11) is -0.847. The maximum Gasteiger partial charge on any atom is 0.234 e. The smallest absolute Gasteiger partial charge is 0.234 e. The number of allylic oxidation sites excluding steroid dienone is 2. The highest BCUT2D eigenvalue weighted by molar-refractivity contribution is 9.10. The third-order valence-corrected chi connectivity index (χ3v) is 18.4. The summed E-state index contributed by atoms with van der Waals surface area (Å²) in [6.45, 7) is 9.58. The largest absolute Gasteiger partial charge is 0.494 e. The van der Waals surface area contributed by atoms with Gasteiger partial charge in [0.05, 0.1) is 40.3 Å². The molecule has 0 radical (unpaired) electrons. The van der Waals surface area contributed by atoms with E-state index in [0.717, 1.165) is 84.4 Å². The van der Waals surface area contributed by atoms with Crippen LogP contribution < -0.4 is 35.8 Å². The van der Waals surface area contributed by atoms with Crippen molar-refractivity contribution < 1.29 is 32.8 Å². The first-order valence-electron chi connectivity index (χ1n) is 24.6. The summed E-state index contributed by atoms with van der Waals surface area (Å²) in [6, 6.07) is 15.1. The van der Waals surface area contributed by atoms with E-state index in [0.29, 0.717) is 78.6 Å². The molecular weight excluding hydrogens is 994 g/mol. The summed E-state index contributed by atoms with van der Waals surface area (Å²) in [5.74, 6) is -2.42. The molecule has 5 aromatic rings. The van der Waals surface area contributed by atoms with E-state index < -0.39 is 36.9 Å². The van der Waals surface area contributed by atoms with Crippen molar-refractivity contribution >= 4 is 91.9 Å². The molecule has 7 heterocycles. The van der Waals surface area contributed by atoms with Crippen molar-refractivity contribution in [2.75, 3.05) is 92.2 Å². The summed E-state index contributed by atoms with van der Waals surface area (Å²) >= 11 is 3.66. The molecule has 0 bridgehead atoms. The molecule has 10 rings (SSSR count). The second kappa shape index (κ2) is 20.4. The van der Waals surface area contributed by atoms with Crippen LogP contribution >= 0.6 is 23.4 Å². The van der Waals surface area contributed by atoms with Crippen molar-refractivity contribution in [3.05, 3.63) is 99.8 Å². The first-order valence-corrected chi connectivity index (χ1v) is 27.5. The Morgan fingerprint density at radius 2 is 1.63 bits per heavy atom. The van der Waals surface area contributed by atoms with Gasteiger partial charge in [0.15, 0.2) is 18.6 Å². The van der Waals surface area contributed by atoms with E-state index in [1.165, 1.54) is 17.7 Å². The molecule has 3 aromatic carbocycles. The van der Waals surface area contributed by atoms with Crippen molar-refractivity contribution in [1.82, 2.24) is 30.1 Å². The van der Waals surface area contributed by atoms with Gasteiger partial charge >= 0.3 is 0 Å². The first kappa shape index (κ1) is 48.8. The van der Waals surface area contributed by atoms with Crippen molar-refractivity contribution in [2.24, 2.45) is 5.92 Å². The van der Waals surface area contributed by atoms with Gasteiger partial charge in [-0.1, -0.05) is 6.92 Å². The van der Waals surface area contributed by atoms with Gasteiger partial charge in [-0.25, -0.2) is 18.7 Å². The third kappa shape index (κ3) is 9.92. The molecule has 0 spiro atoms. The molecule has 4 N–H and O–H groups in total. The van der Waals surface area contributed by atoms with Gasteiger partial charge in [-0.2, -0.15) is 4.98 Å². The topological polar surface area (TPSA) is 168 Å². The van der Waals surface area contributed by atoms with Crippen LogP contribution in [0.4, 0.5) is 43.3 Å². The lowest BCUT2D eigenvalue weighted by molar-refractivity contribution is -0.137. The number of piperazine rings is 1. The van der Waals surface area contributed by atoms with Gasteiger partial charge < -0.3 is 30.1 Å². The number of benzene rings is 3. The van der Waals surface area contributed by atoms with E-state index in [-0.39, 0.29) is 30.2 Å². The number of pyridine rings is 1. The van der Waals surface area contributed by atoms with Gasteiger partial charge in [-0.3, -0.25) is 29.6 Å². The number of amides is 3. The number of imide groups is 1. The lowest BCUT2D eigenvalue weighted by Crippen LogP contribution is -2.55. The van der Waals surface area contributed by atoms with Crippen LogP contribution in [0.2, 0.25) is 0 Å². The number of carbonyl (C=O) groups is 3. The van der Waals surface area contributed by atoms with E-state index in [2.05, 4.69) is 83.9 Å². The molecule has 15 nitrogen and oxygen atoms in total. The molecule has 5 aliphatic heterocycles. The van der Waals surface area contributed by atoms with Crippen LogP contribution in [0.5, 0.6) is 5.75 Å². The summed E-state index contributed by atoms with van der Waals surface area (Å²) in [6.07, 6.45) is 10.5. The number of rotatable bonds is 12. The summed E-state index contributed by atoms with van der Waals surface area (Å²) in [4.78, 5) is 72.7. The molecule has 4 fully saturated rings. The van der Waals surface area contributed by atoms with E-state index >= 15 is 8.78 Å². The summed E-state index contributed by atoms with van der Waals surface area (Å²) < 4.78 is 37.3. The number of nitrogens with one attached hydrogen (secondary N) is 3. The average Bonchev–Trinajstić information content (AvgIpc) is 4.05. The van der Waals surface area contributed by atoms with Gasteiger partial charge in [0, 0.05) is 105 Å². The number of carbonyl (C=O) groups excluding carboxylic acids is 3. The number of hydrogen-bond donors (Lipinski definition) is 4. The Labute approximate surface area is 421 Å². The molecule has 0 saturated carbocycles. The Balaban J connectivity index is 0.747. The predicted molar refractivity (Wildman–Crippen MR) is 278 cm³/mol. The molecule has 2 atom stereocenters. The Kier molecular flexibility index (Phi) is 14.0. The highest BCUT2D eigenvalue weighted by Crippen LogP contribution is 2.59. The zero-order valence-electron chi connectivity index (χ0n) is 40.2. The van der Waals surface area contributed by atoms with Gasteiger partial charge in [-0.15, -0.1) is 0 Å². The number of fused-ring (bicyclic) bond motifs is 1. The Bertz CT molecular complexity index is 2900. The maximum atomic E-state index is 15.3. The van der Waals surface area contributed by atoms with Crippen molar-refractivity contribution in [3.63, 3.8) is 0 Å². The van der Waals surface area contributed by atoms with Crippen LogP contribution in [0.3, 0.4) is 0 Å². The number of methoxy groups -OCH3 is 1. The zero-order valence-corrected chi connectivity index (χ0v) is 42.7. The zero-order chi connectivity index (χ0) is 49.6. The van der Waals surface area contributed by atoms with E-state index in [9.17, 15) is 19.3 Å². The molecule has 0 aliphatic carbocycles. The number of hydrogen-bond acceptors (Lipinski definition) is 13. The molecule has 3 amide bonds. The van der Waals surface area contributed by atoms with E-state index in [4.69, 9.17) is 14.7 Å². The highest BCUT2D eigenvalue weighted by atomic mass is 79.9. The van der Waals surface area contributed by atoms with Crippen LogP contribution in [-0.4, -0.2) is 125 Å². The minimum absolute atomic E-state index is 0.0272. The van der Waals surface area contributed by atoms with E-state index in [1.807, 2.05) is 34.9 Å². The highest BCUT2D eigenvalue weighted by Gasteiger charge is 2.44. The number of nitrogens with zero attached hydrogens (tertiary/aromatic N) is 7. The molecule has 2 aromatic heterocycles. The van der Waals surface area contributed by atoms with Crippen LogP contribution in [0.15, 0.2) is 71.4 Å². The van der Waals surface area contributed by atoms with E-state index in [1.54, 1.807) is 13.3 Å². The van der Waals surface area contributed by atoms with Crippen LogP contribution in [0.1, 0.15) is 61.8 Å². The van der Waals surface area contributed by atoms with Crippen LogP contribution in [-0.2, 0) is 20.8 Å². The Hall–Kier alpha value is -5.81. The fourth-order valence-electron chi connectivity index (χ4n) is 11.1. The van der Waals surface area contributed by atoms with Gasteiger partial charge in [-0.05, 0) is 115 Å². The second-order valence-corrected chi connectivity index (χ2v) is 23.1. The van der Waals surface area contributed by atoms with Crippen molar-refractivity contribution in [3.8, 4) is 5.75 Å². The molecular formula is C52H59BrF2N10O5P+. The predicted octanol–water partition coefficient (Wildman–Crippen LogP) is 7.71. The molecule has 5 aliphatic rings. The minimum atomic E-state index is -2.52. The molecule has 1 unspecified atom stereocenters. The van der Waals surface area contributed by atoms with Crippen LogP contribution in [0, 0.1) is 24.5 Å². The minimum Gasteiger partial charge on any atom is -0.494 e. The SMILES string of the molecule is CCc1cc(Nc2ncc(Br)c(Nc3ccc4nc(C)ccc4c3[P+]3(O)CC=CC3)n2)c(OC)cc1N1CCC(N2CCN(C(=O)[C@@H]3CCN(c4cc(F)c(C5CCC(=O)NC5=O)c(F)c4)C3)CC2)CC1. The molecule has 372 valence electrons. The number of piperidine rings is 2. The lowest BCUT2D eigenvalue weighted by Gasteiger charge is -2.44. The first-order chi connectivity index (χ1) is 34.3. The lowest BCUT2D eigenvalue weighted by atomic mass is 9.89. The van der Waals surface area contributed by atoms with Gasteiger partial charge in [0.1, 0.15) is 29.7 Å². The van der Waals surface area contributed by atoms with Gasteiger partial charge in [0.2, 0.25) is 23.7 Å². The quantitative estimate of drug-likeness (QED) is 0.0546. The van der Waals surface area contributed by atoms with Crippen LogP contribution in [0.25, 0.3) is 10.9 Å².